The highest BCUT2D eigenvalue weighted by Gasteiger charge is 2.29. The molecule has 0 saturated carbocycles. The van der Waals surface area contributed by atoms with Gasteiger partial charge in [-0.25, -0.2) is 9.78 Å². The third-order valence-electron chi connectivity index (χ3n) is 5.73. The van der Waals surface area contributed by atoms with Crippen molar-refractivity contribution in [3.63, 3.8) is 0 Å². The number of nitrogens with one attached hydrogen (secondary N) is 5. The summed E-state index contributed by atoms with van der Waals surface area (Å²) in [5, 5.41) is 17.9. The minimum Gasteiger partial charge on any atom is -0.480 e. The number of aromatic nitrogens is 3. The van der Waals surface area contributed by atoms with Crippen molar-refractivity contribution in [2.75, 3.05) is 6.54 Å². The zero-order valence-electron chi connectivity index (χ0n) is 20.1. The Kier molecular flexibility index (Phi) is 8.79. The van der Waals surface area contributed by atoms with Gasteiger partial charge in [-0.1, -0.05) is 32.0 Å². The zero-order chi connectivity index (χ0) is 26.2. The van der Waals surface area contributed by atoms with Gasteiger partial charge in [0.15, 0.2) is 0 Å². The molecule has 8 N–H and O–H groups in total. The summed E-state index contributed by atoms with van der Waals surface area (Å²) in [5.74, 6) is -3.31. The summed E-state index contributed by atoms with van der Waals surface area (Å²) in [6, 6.07) is 4.56. The van der Waals surface area contributed by atoms with Gasteiger partial charge in [0.25, 0.3) is 0 Å². The fourth-order valence-electron chi connectivity index (χ4n) is 3.77. The third-order valence-corrected chi connectivity index (χ3v) is 5.73. The highest BCUT2D eigenvalue weighted by molar-refractivity contribution is 5.93. The van der Waals surface area contributed by atoms with E-state index in [1.54, 1.807) is 20.0 Å². The first-order valence-corrected chi connectivity index (χ1v) is 11.5. The van der Waals surface area contributed by atoms with Crippen LogP contribution in [0.4, 0.5) is 0 Å². The first kappa shape index (κ1) is 26.4. The number of para-hydroxylation sites is 1. The number of carbonyl (C=O) groups is 4. The number of fused-ring (bicyclic) bond motifs is 1. The molecule has 36 heavy (non-hydrogen) atoms. The lowest BCUT2D eigenvalue weighted by atomic mass is 10.0. The second-order valence-electron chi connectivity index (χ2n) is 8.86. The van der Waals surface area contributed by atoms with Crippen LogP contribution in [-0.4, -0.2) is 68.4 Å². The molecule has 12 heteroatoms. The topological polar surface area (TPSA) is 195 Å². The predicted octanol–water partition coefficient (Wildman–Crippen LogP) is -0.170. The molecule has 3 unspecified atom stereocenters. The number of rotatable bonds is 12. The molecule has 0 spiro atoms. The van der Waals surface area contributed by atoms with E-state index < -0.39 is 41.8 Å². The van der Waals surface area contributed by atoms with Gasteiger partial charge in [-0.05, 0) is 24.0 Å². The number of amides is 3. The highest BCUT2D eigenvalue weighted by atomic mass is 16.4. The number of nitrogens with two attached hydrogens (primary N) is 1. The minimum absolute atomic E-state index is 0.00418. The third kappa shape index (κ3) is 6.92. The van der Waals surface area contributed by atoms with Crippen molar-refractivity contribution in [3.8, 4) is 0 Å². The fraction of sp³-hybridized carbons (Fsp3) is 0.375. The maximum absolute atomic E-state index is 12.8. The number of benzene rings is 1. The quantitative estimate of drug-likeness (QED) is 0.180. The van der Waals surface area contributed by atoms with Gasteiger partial charge in [0.05, 0.1) is 18.9 Å². The summed E-state index contributed by atoms with van der Waals surface area (Å²) in [7, 11) is 0. The Hall–Kier alpha value is -4.19. The maximum Gasteiger partial charge on any atom is 0.326 e. The fourth-order valence-corrected chi connectivity index (χ4v) is 3.77. The van der Waals surface area contributed by atoms with E-state index in [9.17, 15) is 24.3 Å². The van der Waals surface area contributed by atoms with Gasteiger partial charge < -0.3 is 36.8 Å². The molecule has 0 aliphatic carbocycles. The van der Waals surface area contributed by atoms with Crippen LogP contribution in [0.3, 0.4) is 0 Å². The van der Waals surface area contributed by atoms with Crippen LogP contribution < -0.4 is 21.7 Å². The molecule has 0 radical (unpaired) electrons. The van der Waals surface area contributed by atoms with Crippen molar-refractivity contribution in [2.45, 2.75) is 44.8 Å². The van der Waals surface area contributed by atoms with Crippen LogP contribution >= 0.6 is 0 Å². The molecular weight excluding hydrogens is 466 g/mol. The number of carboxylic acid groups (broad SMARTS) is 1. The van der Waals surface area contributed by atoms with Crippen molar-refractivity contribution in [1.82, 2.24) is 30.9 Å². The lowest BCUT2D eigenvalue weighted by Gasteiger charge is -2.24. The Labute approximate surface area is 207 Å². The molecule has 3 rings (SSSR count). The largest absolute Gasteiger partial charge is 0.480 e. The first-order chi connectivity index (χ1) is 17.2. The van der Waals surface area contributed by atoms with Crippen LogP contribution in [0, 0.1) is 5.92 Å². The number of nitrogens with zero attached hydrogens (tertiary/aromatic N) is 1. The van der Waals surface area contributed by atoms with E-state index in [1.165, 1.54) is 12.5 Å². The molecule has 1 aromatic carbocycles. The summed E-state index contributed by atoms with van der Waals surface area (Å²) >= 11 is 0. The molecule has 192 valence electrons. The van der Waals surface area contributed by atoms with Gasteiger partial charge in [-0.3, -0.25) is 14.4 Å². The van der Waals surface area contributed by atoms with Gasteiger partial charge >= 0.3 is 5.97 Å². The van der Waals surface area contributed by atoms with Crippen LogP contribution in [0.2, 0.25) is 0 Å². The molecule has 0 aliphatic rings. The highest BCUT2D eigenvalue weighted by Crippen LogP contribution is 2.18. The number of hydrogen-bond donors (Lipinski definition) is 7. The van der Waals surface area contributed by atoms with E-state index >= 15 is 0 Å². The van der Waals surface area contributed by atoms with E-state index in [1.807, 2.05) is 24.3 Å². The van der Waals surface area contributed by atoms with Crippen molar-refractivity contribution >= 4 is 34.6 Å². The Morgan fingerprint density at radius 1 is 1.06 bits per heavy atom. The van der Waals surface area contributed by atoms with E-state index in [0.29, 0.717) is 5.69 Å². The molecule has 2 heterocycles. The molecule has 0 fully saturated rings. The van der Waals surface area contributed by atoms with Crippen molar-refractivity contribution in [3.05, 3.63) is 54.2 Å². The molecule has 3 atom stereocenters. The second kappa shape index (κ2) is 12.0. The molecular formula is C24H31N7O5. The summed E-state index contributed by atoms with van der Waals surface area (Å²) in [6.45, 7) is 3.04. The van der Waals surface area contributed by atoms with Crippen LogP contribution in [0.5, 0.6) is 0 Å². The number of imidazole rings is 1. The average Bonchev–Trinajstić information content (AvgIpc) is 3.50. The van der Waals surface area contributed by atoms with Crippen LogP contribution in [0.25, 0.3) is 10.9 Å². The number of carbonyl (C=O) groups excluding carboxylic acids is 3. The van der Waals surface area contributed by atoms with Crippen molar-refractivity contribution in [2.24, 2.45) is 11.7 Å². The Morgan fingerprint density at radius 3 is 2.47 bits per heavy atom. The summed E-state index contributed by atoms with van der Waals surface area (Å²) < 4.78 is 0. The van der Waals surface area contributed by atoms with Gasteiger partial charge in [0.1, 0.15) is 12.1 Å². The number of hydrogen-bond acceptors (Lipinski definition) is 6. The zero-order valence-corrected chi connectivity index (χ0v) is 20.1. The summed E-state index contributed by atoms with van der Waals surface area (Å²) in [4.78, 5) is 59.1. The number of aromatic amines is 2. The molecule has 12 nitrogen and oxygen atoms in total. The number of carboxylic acids is 1. The van der Waals surface area contributed by atoms with Crippen molar-refractivity contribution in [1.29, 1.82) is 0 Å². The van der Waals surface area contributed by atoms with Gasteiger partial charge in [-0.15, -0.1) is 0 Å². The molecule has 0 saturated heterocycles. The standard InChI is InChI=1S/C24H31N7O5/c1-13(2)21(23(34)30-19(24(35)36)8-15-10-26-12-29-15)31-20(32)11-28-22(33)17(25)7-14-9-27-18-6-4-3-5-16(14)18/h3-6,9-10,12-13,17,19,21,27H,7-8,11,25H2,1-2H3,(H,26,29)(H,28,33)(H,30,34)(H,31,32)(H,35,36). The van der Waals surface area contributed by atoms with Gasteiger partial charge in [0.2, 0.25) is 17.7 Å². The lowest BCUT2D eigenvalue weighted by molar-refractivity contribution is -0.142. The Morgan fingerprint density at radius 2 is 1.81 bits per heavy atom. The van der Waals surface area contributed by atoms with E-state index in [-0.39, 0.29) is 25.3 Å². The van der Waals surface area contributed by atoms with Crippen LogP contribution in [-0.2, 0) is 32.0 Å². The molecule has 3 aromatic rings. The molecule has 0 aliphatic heterocycles. The first-order valence-electron chi connectivity index (χ1n) is 11.5. The van der Waals surface area contributed by atoms with Crippen LogP contribution in [0.15, 0.2) is 43.0 Å². The van der Waals surface area contributed by atoms with Gasteiger partial charge in [-0.2, -0.15) is 0 Å². The number of H-pyrrole nitrogens is 2. The van der Waals surface area contributed by atoms with E-state index in [4.69, 9.17) is 5.73 Å². The maximum atomic E-state index is 12.8. The van der Waals surface area contributed by atoms with Gasteiger partial charge in [0, 0.05) is 35.4 Å². The Bertz CT molecular complexity index is 1200. The Balaban J connectivity index is 1.51. The van der Waals surface area contributed by atoms with E-state index in [2.05, 4.69) is 30.9 Å². The smallest absolute Gasteiger partial charge is 0.326 e. The molecule has 0 bridgehead atoms. The second-order valence-corrected chi connectivity index (χ2v) is 8.86. The predicted molar refractivity (Wildman–Crippen MR) is 132 cm³/mol. The van der Waals surface area contributed by atoms with Crippen molar-refractivity contribution < 1.29 is 24.3 Å². The molecule has 2 aromatic heterocycles. The monoisotopic (exact) mass is 497 g/mol. The van der Waals surface area contributed by atoms with Crippen LogP contribution in [0.1, 0.15) is 25.1 Å². The SMILES string of the molecule is CC(C)C(NC(=O)CNC(=O)C(N)Cc1c[nH]c2ccccc12)C(=O)NC(Cc1cnc[nH]1)C(=O)O. The van der Waals surface area contributed by atoms with E-state index in [0.717, 1.165) is 16.5 Å². The molecule has 3 amide bonds. The number of aliphatic carboxylic acids is 1. The summed E-state index contributed by atoms with van der Waals surface area (Å²) in [5.41, 5.74) is 8.40. The summed E-state index contributed by atoms with van der Waals surface area (Å²) in [6.07, 6.45) is 4.96. The minimum atomic E-state index is -1.22. The normalized spacial score (nSPS) is 13.7. The average molecular weight is 498 g/mol. The lowest BCUT2D eigenvalue weighted by Crippen LogP contribution is -2.56.